The number of nitrogens with zero attached hydrogens (tertiary/aromatic N) is 1. The minimum atomic E-state index is -0.253. The highest BCUT2D eigenvalue weighted by Gasteiger charge is 2.09. The van der Waals surface area contributed by atoms with Gasteiger partial charge in [0.2, 0.25) is 0 Å². The van der Waals surface area contributed by atoms with Crippen molar-refractivity contribution in [3.63, 3.8) is 0 Å². The highest BCUT2D eigenvalue weighted by molar-refractivity contribution is 9.11. The number of pyridine rings is 1. The van der Waals surface area contributed by atoms with E-state index in [1.165, 1.54) is 11.3 Å². The first kappa shape index (κ1) is 13.2. The first-order valence-electron chi connectivity index (χ1n) is 5.57. The first-order valence-corrected chi connectivity index (χ1v) is 7.18. The summed E-state index contributed by atoms with van der Waals surface area (Å²) in [6.45, 7) is 0.434. The first-order chi connectivity index (χ1) is 8.75. The van der Waals surface area contributed by atoms with Crippen LogP contribution in [0, 0.1) is 0 Å². The van der Waals surface area contributed by atoms with E-state index in [1.54, 1.807) is 12.3 Å². The molecule has 5 heteroatoms. The predicted octanol–water partition coefficient (Wildman–Crippen LogP) is 3.70. The van der Waals surface area contributed by atoms with Gasteiger partial charge >= 0.3 is 5.97 Å². The van der Waals surface area contributed by atoms with Gasteiger partial charge in [-0.3, -0.25) is 4.98 Å². The Morgan fingerprint density at radius 2 is 2.28 bits per heavy atom. The molecule has 0 amide bonds. The average Bonchev–Trinajstić information content (AvgIpc) is 2.82. The molecule has 3 nitrogen and oxygen atoms in total. The van der Waals surface area contributed by atoms with Crippen LogP contribution in [0.25, 0.3) is 0 Å². The Morgan fingerprint density at radius 3 is 2.94 bits per heavy atom. The van der Waals surface area contributed by atoms with E-state index in [2.05, 4.69) is 20.9 Å². The lowest BCUT2D eigenvalue weighted by Crippen LogP contribution is -2.05. The summed E-state index contributed by atoms with van der Waals surface area (Å²) in [5.41, 5.74) is 1.16. The van der Waals surface area contributed by atoms with Crippen molar-refractivity contribution < 1.29 is 9.53 Å². The van der Waals surface area contributed by atoms with Gasteiger partial charge in [-0.25, -0.2) is 4.79 Å². The number of carbonyl (C=O) groups excluding carboxylic acids is 1. The summed E-state index contributed by atoms with van der Waals surface area (Å²) in [7, 11) is 0. The van der Waals surface area contributed by atoms with Crippen LogP contribution in [-0.4, -0.2) is 17.6 Å². The highest BCUT2D eigenvalue weighted by atomic mass is 79.9. The molecule has 2 heterocycles. The second kappa shape index (κ2) is 6.66. The van der Waals surface area contributed by atoms with Crippen molar-refractivity contribution in [1.82, 2.24) is 4.98 Å². The quantitative estimate of drug-likeness (QED) is 0.621. The molecule has 0 aliphatic heterocycles. The molecule has 0 radical (unpaired) electrons. The molecule has 0 unspecified atom stereocenters. The summed E-state index contributed by atoms with van der Waals surface area (Å²) < 4.78 is 6.13. The second-order valence-electron chi connectivity index (χ2n) is 3.70. The van der Waals surface area contributed by atoms with Crippen molar-refractivity contribution in [2.45, 2.75) is 12.8 Å². The lowest BCUT2D eigenvalue weighted by Gasteiger charge is -2.03. The molecule has 2 rings (SSSR count). The van der Waals surface area contributed by atoms with E-state index in [1.807, 2.05) is 24.4 Å². The van der Waals surface area contributed by atoms with Crippen LogP contribution in [0.4, 0.5) is 0 Å². The Kier molecular flexibility index (Phi) is 4.90. The van der Waals surface area contributed by atoms with E-state index in [9.17, 15) is 4.79 Å². The number of hydrogen-bond donors (Lipinski definition) is 0. The third kappa shape index (κ3) is 3.92. The van der Waals surface area contributed by atoms with Gasteiger partial charge in [0.15, 0.2) is 0 Å². The number of halogens is 1. The van der Waals surface area contributed by atoms with E-state index in [4.69, 9.17) is 4.74 Å². The molecule has 0 aromatic carbocycles. The molecular formula is C13H12BrNO2S. The zero-order chi connectivity index (χ0) is 12.8. The maximum absolute atomic E-state index is 11.6. The third-order valence-corrected chi connectivity index (χ3v) is 3.94. The molecule has 0 aliphatic rings. The monoisotopic (exact) mass is 325 g/mol. The minimum absolute atomic E-state index is 0.253. The van der Waals surface area contributed by atoms with Crippen molar-refractivity contribution in [3.05, 3.63) is 50.9 Å². The molecule has 2 aromatic heterocycles. The summed E-state index contributed by atoms with van der Waals surface area (Å²) in [6.07, 6.45) is 5.26. The smallest absolute Gasteiger partial charge is 0.348 e. The number of ether oxygens (including phenoxy) is 1. The molecule has 0 aliphatic carbocycles. The molecule has 0 bridgehead atoms. The van der Waals surface area contributed by atoms with E-state index in [-0.39, 0.29) is 5.97 Å². The zero-order valence-electron chi connectivity index (χ0n) is 9.64. The van der Waals surface area contributed by atoms with Crippen molar-refractivity contribution in [2.75, 3.05) is 6.61 Å². The molecule has 2 aromatic rings. The van der Waals surface area contributed by atoms with Crippen LogP contribution in [0.5, 0.6) is 0 Å². The number of hydrogen-bond acceptors (Lipinski definition) is 4. The van der Waals surface area contributed by atoms with Crippen molar-refractivity contribution in [3.8, 4) is 0 Å². The third-order valence-electron chi connectivity index (χ3n) is 2.34. The van der Waals surface area contributed by atoms with E-state index in [0.29, 0.717) is 11.5 Å². The van der Waals surface area contributed by atoms with Crippen LogP contribution >= 0.6 is 27.3 Å². The van der Waals surface area contributed by atoms with Gasteiger partial charge in [0.05, 0.1) is 10.4 Å². The van der Waals surface area contributed by atoms with Gasteiger partial charge in [0, 0.05) is 12.4 Å². The molecule has 94 valence electrons. The number of rotatable bonds is 5. The SMILES string of the molecule is O=C(OCCCc1cccnc1)c1ccc(Br)s1. The Labute approximate surface area is 118 Å². The summed E-state index contributed by atoms with van der Waals surface area (Å²) >= 11 is 4.70. The standard InChI is InChI=1S/C13H12BrNO2S/c14-12-6-5-11(18-12)13(16)17-8-2-4-10-3-1-7-15-9-10/h1,3,5-7,9H,2,4,8H2. The summed E-state index contributed by atoms with van der Waals surface area (Å²) in [5.74, 6) is -0.253. The molecule has 0 fully saturated rings. The van der Waals surface area contributed by atoms with Crippen LogP contribution in [-0.2, 0) is 11.2 Å². The van der Waals surface area contributed by atoms with Crippen LogP contribution in [0.15, 0.2) is 40.4 Å². The largest absolute Gasteiger partial charge is 0.461 e. The van der Waals surface area contributed by atoms with Crippen LogP contribution < -0.4 is 0 Å². The normalized spacial score (nSPS) is 10.3. The molecule has 0 atom stereocenters. The number of aromatic nitrogens is 1. The predicted molar refractivity (Wildman–Crippen MR) is 74.9 cm³/mol. The fourth-order valence-electron chi connectivity index (χ4n) is 1.48. The zero-order valence-corrected chi connectivity index (χ0v) is 12.0. The van der Waals surface area contributed by atoms with Gasteiger partial charge in [-0.2, -0.15) is 0 Å². The lowest BCUT2D eigenvalue weighted by atomic mass is 10.2. The van der Waals surface area contributed by atoms with Crippen molar-refractivity contribution in [1.29, 1.82) is 0 Å². The minimum Gasteiger partial charge on any atom is -0.461 e. The molecule has 0 saturated carbocycles. The number of aryl methyl sites for hydroxylation is 1. The summed E-state index contributed by atoms with van der Waals surface area (Å²) in [4.78, 5) is 16.3. The van der Waals surface area contributed by atoms with Crippen LogP contribution in [0.2, 0.25) is 0 Å². The van der Waals surface area contributed by atoms with Gasteiger partial charge in [-0.05, 0) is 52.5 Å². The van der Waals surface area contributed by atoms with E-state index in [0.717, 1.165) is 22.2 Å². The van der Waals surface area contributed by atoms with Crippen molar-refractivity contribution >= 4 is 33.2 Å². The van der Waals surface area contributed by atoms with Crippen LogP contribution in [0.1, 0.15) is 21.7 Å². The Hall–Kier alpha value is -1.20. The van der Waals surface area contributed by atoms with Crippen molar-refractivity contribution in [2.24, 2.45) is 0 Å². The van der Waals surface area contributed by atoms with Gasteiger partial charge < -0.3 is 4.74 Å². The van der Waals surface area contributed by atoms with Crippen LogP contribution in [0.3, 0.4) is 0 Å². The fraction of sp³-hybridized carbons (Fsp3) is 0.231. The second-order valence-corrected chi connectivity index (χ2v) is 6.17. The summed E-state index contributed by atoms with van der Waals surface area (Å²) in [5, 5.41) is 0. The van der Waals surface area contributed by atoms with Gasteiger partial charge in [-0.15, -0.1) is 11.3 Å². The molecule has 0 saturated heterocycles. The topological polar surface area (TPSA) is 39.2 Å². The summed E-state index contributed by atoms with van der Waals surface area (Å²) in [6, 6.07) is 7.53. The Bertz CT molecular complexity index is 513. The number of thiophene rings is 1. The van der Waals surface area contributed by atoms with Gasteiger partial charge in [-0.1, -0.05) is 6.07 Å². The molecular weight excluding hydrogens is 314 g/mol. The van der Waals surface area contributed by atoms with E-state index < -0.39 is 0 Å². The Morgan fingerprint density at radius 1 is 1.39 bits per heavy atom. The van der Waals surface area contributed by atoms with Gasteiger partial charge in [0.1, 0.15) is 4.88 Å². The molecule has 0 N–H and O–H groups in total. The highest BCUT2D eigenvalue weighted by Crippen LogP contribution is 2.22. The van der Waals surface area contributed by atoms with Gasteiger partial charge in [0.25, 0.3) is 0 Å². The average molecular weight is 326 g/mol. The number of carbonyl (C=O) groups is 1. The van der Waals surface area contributed by atoms with E-state index >= 15 is 0 Å². The fourth-order valence-corrected chi connectivity index (χ4v) is 2.76. The molecule has 18 heavy (non-hydrogen) atoms. The number of esters is 1. The lowest BCUT2D eigenvalue weighted by molar-refractivity contribution is 0.0506. The maximum Gasteiger partial charge on any atom is 0.348 e. The molecule has 0 spiro atoms. The Balaban J connectivity index is 1.71. The maximum atomic E-state index is 11.6.